The zero-order valence-corrected chi connectivity index (χ0v) is 50.1. The largest absolute Gasteiger partial charge is 0.441 e. The molecule has 0 spiro atoms. The molecule has 7 amide bonds. The SMILES string of the molecule is CC(=O)c1cnc(-c2csc(CCNC(=O)C(NC(=O)C(C)C(O)C(C)NC(=O)C(NC(=O)c3nc(C(CC(N)=O)NCC(N)C(N)=O)nc(N)c3C)C(OC3OC(CO)C(O)C(O)C3CC3OC(CO)C(O)C(OC(N)=O)C3O)C3=NCC=N3)C(C)O)n2)[nH]1. The second-order valence-corrected chi connectivity index (χ2v) is 22.6. The first-order valence-electron chi connectivity index (χ1n) is 28.2. The van der Waals surface area contributed by atoms with Gasteiger partial charge in [0.25, 0.3) is 5.91 Å². The molecular formula is C52H77N17O20S. The maximum absolute atomic E-state index is 15.1. The van der Waals surface area contributed by atoms with Crippen LogP contribution in [0.25, 0.3) is 11.5 Å². The fourth-order valence-corrected chi connectivity index (χ4v) is 10.6. The fraction of sp³-hybridized carbons (Fsp3) is 0.615. The van der Waals surface area contributed by atoms with E-state index in [0.29, 0.717) is 22.2 Å². The second kappa shape index (κ2) is 31.8. The highest BCUT2D eigenvalue weighted by atomic mass is 32.1. The van der Waals surface area contributed by atoms with Gasteiger partial charge in [-0.3, -0.25) is 38.6 Å². The quantitative estimate of drug-likeness (QED) is 0.0266. The molecule has 90 heavy (non-hydrogen) atoms. The molecule has 2 saturated heterocycles. The molecule has 0 aromatic carbocycles. The summed E-state index contributed by atoms with van der Waals surface area (Å²) in [6, 6.07) is -7.77. The number of carbonyl (C=O) groups is 8. The predicted octanol–water partition coefficient (Wildman–Crippen LogP) is -8.18. The molecule has 19 atom stereocenters. The van der Waals surface area contributed by atoms with Gasteiger partial charge in [-0.15, -0.1) is 11.3 Å². The number of thiazole rings is 1. The zero-order valence-electron chi connectivity index (χ0n) is 49.3. The van der Waals surface area contributed by atoms with Crippen LogP contribution in [0.1, 0.15) is 84.0 Å². The standard InChI is InChI=1S/C52H77N17O20S/c1-17-32(66-45(69-42(17)55)24(11-30(54)74)61-12-23(53)43(56)80)49(83)68-34(40(46-58-8-9-59-46)88-51-22(36(76)37(77)28(14-70)87-51)10-27-38(78)41(89-52(57)85)39(79)29(15-71)86-27)50(84)63-19(3)35(75)18(2)47(81)67-33(21(5)73)48(82)60-7-6-31-64-26(16-90-31)44-62-13-25(65-44)20(4)72/h8,13,16,18-19,21-24,27-29,33-41,51,61,70-71,73,75-79H,6-7,9-12,14-15,53H2,1-5H3,(H2,54,74)(H2,56,80)(H2,57,85)(H,60,82)(H,62,65)(H,63,84)(H,67,81)(H,68,83)(H2,55,66,69). The number of nitrogen functional groups attached to an aromatic ring is 1. The monoisotopic (exact) mass is 1290 g/mol. The summed E-state index contributed by atoms with van der Waals surface area (Å²) in [6.45, 7) is 4.03. The molecule has 6 heterocycles. The van der Waals surface area contributed by atoms with Gasteiger partial charge in [-0.2, -0.15) is 0 Å². The topological polar surface area (TPSA) is 618 Å². The van der Waals surface area contributed by atoms with Crippen LogP contribution in [0.15, 0.2) is 21.6 Å². The van der Waals surface area contributed by atoms with Crippen LogP contribution >= 0.6 is 11.3 Å². The predicted molar refractivity (Wildman–Crippen MR) is 311 cm³/mol. The van der Waals surface area contributed by atoms with Crippen LogP contribution in [0.2, 0.25) is 0 Å². The van der Waals surface area contributed by atoms with Crippen molar-refractivity contribution in [2.45, 2.75) is 158 Å². The van der Waals surface area contributed by atoms with E-state index in [1.807, 2.05) is 0 Å². The number of imidazole rings is 1. The fourth-order valence-electron chi connectivity index (χ4n) is 9.81. The van der Waals surface area contributed by atoms with Crippen molar-refractivity contribution in [3.05, 3.63) is 39.4 Å². The maximum atomic E-state index is 15.1. The van der Waals surface area contributed by atoms with Crippen LogP contribution < -0.4 is 55.3 Å². The lowest BCUT2D eigenvalue weighted by Gasteiger charge is -2.47. The number of ketones is 1. The van der Waals surface area contributed by atoms with E-state index in [2.05, 4.69) is 61.5 Å². The van der Waals surface area contributed by atoms with Gasteiger partial charge in [0.15, 0.2) is 29.8 Å². The van der Waals surface area contributed by atoms with Crippen LogP contribution in [0.4, 0.5) is 10.6 Å². The molecular weight excluding hydrogens is 1210 g/mol. The lowest BCUT2D eigenvalue weighted by atomic mass is 9.83. The summed E-state index contributed by atoms with van der Waals surface area (Å²) < 4.78 is 23.2. The van der Waals surface area contributed by atoms with Gasteiger partial charge in [0.2, 0.25) is 29.5 Å². The Morgan fingerprint density at radius 3 is 2.13 bits per heavy atom. The van der Waals surface area contributed by atoms with E-state index in [9.17, 15) is 74.4 Å². The summed E-state index contributed by atoms with van der Waals surface area (Å²) in [4.78, 5) is 134. The van der Waals surface area contributed by atoms with Gasteiger partial charge in [0.05, 0.1) is 79.4 Å². The Balaban J connectivity index is 1.31. The number of carbonyl (C=O) groups excluding carboxylic acids is 8. The van der Waals surface area contributed by atoms with E-state index in [1.54, 1.807) is 5.38 Å². The number of nitrogens with one attached hydrogen (secondary N) is 6. The molecule has 0 bridgehead atoms. The molecule has 6 rings (SSSR count). The lowest BCUT2D eigenvalue weighted by Crippen LogP contribution is -2.64. The number of aliphatic imine (C=N–C) groups is 2. The van der Waals surface area contributed by atoms with E-state index in [4.69, 9.17) is 47.6 Å². The van der Waals surface area contributed by atoms with Gasteiger partial charge in [0, 0.05) is 55.9 Å². The third kappa shape index (κ3) is 17.8. The molecule has 0 saturated carbocycles. The number of nitrogens with zero attached hydrogens (tertiary/aromatic N) is 6. The van der Waals surface area contributed by atoms with Crippen LogP contribution in [0.3, 0.4) is 0 Å². The number of hydrogen-bond acceptors (Lipinski definition) is 30. The average molecular weight is 1290 g/mol. The molecule has 2 fully saturated rings. The molecule has 3 aliphatic rings. The highest BCUT2D eigenvalue weighted by Crippen LogP contribution is 2.36. The molecule has 496 valence electrons. The number of aliphatic hydroxyl groups is 8. The van der Waals surface area contributed by atoms with Crippen molar-refractivity contribution in [1.82, 2.24) is 51.5 Å². The number of amidine groups is 1. The molecule has 37 nitrogen and oxygen atoms in total. The molecule has 19 unspecified atom stereocenters. The van der Waals surface area contributed by atoms with Gasteiger partial charge in [0.1, 0.15) is 77.4 Å². The Morgan fingerprint density at radius 1 is 0.856 bits per heavy atom. The number of aromatic amines is 1. The summed E-state index contributed by atoms with van der Waals surface area (Å²) in [5, 5.41) is 103. The lowest BCUT2D eigenvalue weighted by molar-refractivity contribution is -0.303. The number of Topliss-reactive ketones (excluding diaryl/α,β-unsaturated/α-hetero) is 1. The number of nitrogens with two attached hydrogens (primary N) is 5. The number of primary amides is 3. The van der Waals surface area contributed by atoms with E-state index in [0.717, 1.165) is 0 Å². The minimum Gasteiger partial charge on any atom is -0.441 e. The first-order valence-corrected chi connectivity index (χ1v) is 29.0. The number of aromatic nitrogens is 5. The molecule has 24 N–H and O–H groups in total. The van der Waals surface area contributed by atoms with Gasteiger partial charge in [-0.1, -0.05) is 6.92 Å². The number of hydrogen-bond donors (Lipinski definition) is 19. The van der Waals surface area contributed by atoms with E-state index >= 15 is 4.79 Å². The van der Waals surface area contributed by atoms with Gasteiger partial charge in [-0.25, -0.2) is 29.7 Å². The van der Waals surface area contributed by atoms with E-state index < -0.39 is 189 Å². The number of ether oxygens (including phenoxy) is 4. The van der Waals surface area contributed by atoms with Crippen molar-refractivity contribution in [3.63, 3.8) is 0 Å². The first kappa shape index (κ1) is 71.4. The number of amides is 7. The Labute approximate surface area is 516 Å². The molecule has 0 aliphatic carbocycles. The van der Waals surface area contributed by atoms with Gasteiger partial charge in [-0.05, 0) is 27.2 Å². The van der Waals surface area contributed by atoms with E-state index in [1.165, 1.54) is 58.4 Å². The summed E-state index contributed by atoms with van der Waals surface area (Å²) in [5.41, 5.74) is 28.3. The van der Waals surface area contributed by atoms with Crippen molar-refractivity contribution in [2.24, 2.45) is 44.8 Å². The molecule has 3 aromatic heterocycles. The number of anilines is 1. The molecule has 3 aromatic rings. The summed E-state index contributed by atoms with van der Waals surface area (Å²) in [7, 11) is 0. The Morgan fingerprint density at radius 2 is 1.53 bits per heavy atom. The van der Waals surface area contributed by atoms with Crippen LogP contribution in [0.5, 0.6) is 0 Å². The van der Waals surface area contributed by atoms with Crippen LogP contribution in [0, 0.1) is 18.8 Å². The highest BCUT2D eigenvalue weighted by Gasteiger charge is 2.53. The summed E-state index contributed by atoms with van der Waals surface area (Å²) in [6.07, 6.45) is -21.4. The van der Waals surface area contributed by atoms with Gasteiger partial charge < -0.3 is 120 Å². The smallest absolute Gasteiger partial charge is 0.404 e. The minimum atomic E-state index is -2.15. The Kier molecular flexibility index (Phi) is 25.3. The summed E-state index contributed by atoms with van der Waals surface area (Å²) >= 11 is 1.25. The average Bonchev–Trinajstić information content (AvgIpc) is 1.00. The first-order chi connectivity index (χ1) is 42.5. The molecule has 0 radical (unpaired) electrons. The Bertz CT molecular complexity index is 3120. The van der Waals surface area contributed by atoms with Crippen LogP contribution in [-0.2, 0) is 49.3 Å². The van der Waals surface area contributed by atoms with Crippen molar-refractivity contribution in [2.75, 3.05) is 38.6 Å². The number of rotatable bonds is 31. The van der Waals surface area contributed by atoms with Crippen molar-refractivity contribution in [3.8, 4) is 11.5 Å². The third-order valence-corrected chi connectivity index (χ3v) is 15.9. The molecule has 38 heteroatoms. The molecule has 3 aliphatic heterocycles. The Hall–Kier alpha value is -7.70. The number of H-pyrrole nitrogens is 1. The third-order valence-electron chi connectivity index (χ3n) is 15.0. The van der Waals surface area contributed by atoms with Gasteiger partial charge >= 0.3 is 6.09 Å². The minimum absolute atomic E-state index is 0.00445. The van der Waals surface area contributed by atoms with Crippen molar-refractivity contribution >= 4 is 76.5 Å². The second-order valence-electron chi connectivity index (χ2n) is 21.7. The number of aliphatic hydroxyl groups excluding tert-OH is 8. The van der Waals surface area contributed by atoms with E-state index in [-0.39, 0.29) is 54.9 Å². The zero-order chi connectivity index (χ0) is 66.6. The summed E-state index contributed by atoms with van der Waals surface area (Å²) in [5.74, 6) is -10.1. The maximum Gasteiger partial charge on any atom is 0.404 e. The van der Waals surface area contributed by atoms with Crippen LogP contribution in [-0.4, -0.2) is 256 Å². The van der Waals surface area contributed by atoms with Crippen molar-refractivity contribution in [1.29, 1.82) is 0 Å². The highest BCUT2D eigenvalue weighted by molar-refractivity contribution is 7.09. The normalized spacial score (nSPS) is 25.4. The van der Waals surface area contributed by atoms with Crippen molar-refractivity contribution < 1.29 is 98.2 Å².